The third-order valence-electron chi connectivity index (χ3n) is 3.82. The van der Waals surface area contributed by atoms with Gasteiger partial charge in [0, 0.05) is 11.3 Å². The van der Waals surface area contributed by atoms with Gasteiger partial charge in [0.2, 0.25) is 0 Å². The van der Waals surface area contributed by atoms with Crippen LogP contribution in [0.4, 0.5) is 0 Å². The molecule has 0 radical (unpaired) electrons. The standard InChI is InChI=1S/C14H23NS/c1-3-5-11-6-8-12(9-7-11)14-15-13(4-2)10-16-14/h10-12H,3-9H2,1-2H3. The molecule has 1 nitrogen and oxygen atoms in total. The summed E-state index contributed by atoms with van der Waals surface area (Å²) in [5, 5.41) is 3.65. The van der Waals surface area contributed by atoms with Crippen LogP contribution in [0.3, 0.4) is 0 Å². The lowest BCUT2D eigenvalue weighted by molar-refractivity contribution is 0.308. The quantitative estimate of drug-likeness (QED) is 0.734. The minimum atomic E-state index is 0.776. The maximum atomic E-state index is 4.74. The van der Waals surface area contributed by atoms with E-state index in [0.717, 1.165) is 18.3 Å². The number of thiazole rings is 1. The van der Waals surface area contributed by atoms with E-state index in [1.54, 1.807) is 0 Å². The molecule has 0 aliphatic heterocycles. The monoisotopic (exact) mass is 237 g/mol. The molecule has 90 valence electrons. The van der Waals surface area contributed by atoms with Gasteiger partial charge >= 0.3 is 0 Å². The maximum Gasteiger partial charge on any atom is 0.0959 e. The molecule has 1 aromatic rings. The van der Waals surface area contributed by atoms with Gasteiger partial charge in [-0.1, -0.05) is 26.7 Å². The Morgan fingerprint density at radius 2 is 2.00 bits per heavy atom. The van der Waals surface area contributed by atoms with Gasteiger partial charge in [-0.2, -0.15) is 0 Å². The molecule has 2 heteroatoms. The largest absolute Gasteiger partial charge is 0.246 e. The van der Waals surface area contributed by atoms with Crippen molar-refractivity contribution in [2.24, 2.45) is 5.92 Å². The summed E-state index contributed by atoms with van der Waals surface area (Å²) in [6.07, 6.45) is 9.49. The third kappa shape index (κ3) is 2.85. The van der Waals surface area contributed by atoms with Gasteiger partial charge < -0.3 is 0 Å². The lowest BCUT2D eigenvalue weighted by atomic mass is 9.80. The number of nitrogens with zero attached hydrogens (tertiary/aromatic N) is 1. The summed E-state index contributed by atoms with van der Waals surface area (Å²) in [6.45, 7) is 4.50. The van der Waals surface area contributed by atoms with Crippen LogP contribution in [-0.2, 0) is 6.42 Å². The van der Waals surface area contributed by atoms with Crippen LogP contribution in [0.1, 0.15) is 69.0 Å². The second-order valence-corrected chi connectivity index (χ2v) is 5.93. The zero-order valence-electron chi connectivity index (χ0n) is 10.5. The molecule has 0 aromatic carbocycles. The zero-order valence-corrected chi connectivity index (χ0v) is 11.4. The molecule has 1 heterocycles. The van der Waals surface area contributed by atoms with Crippen LogP contribution in [-0.4, -0.2) is 4.98 Å². The van der Waals surface area contributed by atoms with E-state index >= 15 is 0 Å². The molecule has 1 aliphatic rings. The van der Waals surface area contributed by atoms with E-state index in [9.17, 15) is 0 Å². The van der Waals surface area contributed by atoms with Gasteiger partial charge in [0.25, 0.3) is 0 Å². The van der Waals surface area contributed by atoms with Gasteiger partial charge in [0.1, 0.15) is 0 Å². The molecule has 0 spiro atoms. The Balaban J connectivity index is 1.88. The first kappa shape index (κ1) is 12.1. The molecule has 0 atom stereocenters. The van der Waals surface area contributed by atoms with E-state index in [4.69, 9.17) is 4.98 Å². The van der Waals surface area contributed by atoms with Crippen LogP contribution < -0.4 is 0 Å². The Labute approximate surface area is 103 Å². The normalized spacial score (nSPS) is 25.9. The third-order valence-corrected chi connectivity index (χ3v) is 4.88. The Bertz CT molecular complexity index is 310. The van der Waals surface area contributed by atoms with E-state index in [1.165, 1.54) is 49.2 Å². The number of aromatic nitrogens is 1. The molecule has 0 unspecified atom stereocenters. The highest BCUT2D eigenvalue weighted by Gasteiger charge is 2.23. The fourth-order valence-electron chi connectivity index (χ4n) is 2.78. The van der Waals surface area contributed by atoms with Crippen molar-refractivity contribution >= 4 is 11.3 Å². The van der Waals surface area contributed by atoms with Gasteiger partial charge in [-0.05, 0) is 38.0 Å². The lowest BCUT2D eigenvalue weighted by Crippen LogP contribution is -2.13. The average molecular weight is 237 g/mol. The van der Waals surface area contributed by atoms with E-state index in [2.05, 4.69) is 19.2 Å². The zero-order chi connectivity index (χ0) is 11.4. The summed E-state index contributed by atoms with van der Waals surface area (Å²) in [6, 6.07) is 0. The Morgan fingerprint density at radius 1 is 1.25 bits per heavy atom. The summed E-state index contributed by atoms with van der Waals surface area (Å²) in [5.41, 5.74) is 1.29. The second-order valence-electron chi connectivity index (χ2n) is 5.04. The molecule has 0 amide bonds. The van der Waals surface area contributed by atoms with Crippen molar-refractivity contribution in [1.82, 2.24) is 4.98 Å². The molecule has 0 N–H and O–H groups in total. The highest BCUT2D eigenvalue weighted by Crippen LogP contribution is 2.38. The van der Waals surface area contributed by atoms with Crippen molar-refractivity contribution in [2.45, 2.75) is 64.7 Å². The number of rotatable bonds is 4. The van der Waals surface area contributed by atoms with Crippen molar-refractivity contribution in [3.8, 4) is 0 Å². The smallest absolute Gasteiger partial charge is 0.0959 e. The van der Waals surface area contributed by atoms with Crippen LogP contribution in [0.5, 0.6) is 0 Å². The minimum absolute atomic E-state index is 0.776. The average Bonchev–Trinajstić information content (AvgIpc) is 2.79. The van der Waals surface area contributed by atoms with E-state index < -0.39 is 0 Å². The first-order chi connectivity index (χ1) is 7.83. The van der Waals surface area contributed by atoms with Crippen molar-refractivity contribution in [3.63, 3.8) is 0 Å². The van der Waals surface area contributed by atoms with E-state index in [1.807, 2.05) is 11.3 Å². The van der Waals surface area contributed by atoms with Crippen molar-refractivity contribution in [3.05, 3.63) is 16.1 Å². The van der Waals surface area contributed by atoms with Gasteiger partial charge in [0.05, 0.1) is 10.7 Å². The molecular formula is C14H23NS. The maximum absolute atomic E-state index is 4.74. The van der Waals surface area contributed by atoms with Gasteiger partial charge in [-0.15, -0.1) is 11.3 Å². The first-order valence-electron chi connectivity index (χ1n) is 6.77. The number of hydrogen-bond donors (Lipinski definition) is 0. The van der Waals surface area contributed by atoms with Gasteiger partial charge in [-0.3, -0.25) is 0 Å². The van der Waals surface area contributed by atoms with Crippen LogP contribution in [0, 0.1) is 5.92 Å². The summed E-state index contributed by atoms with van der Waals surface area (Å²) >= 11 is 1.88. The Hall–Kier alpha value is -0.370. The molecule has 1 aliphatic carbocycles. The molecule has 0 bridgehead atoms. The lowest BCUT2D eigenvalue weighted by Gasteiger charge is -2.26. The van der Waals surface area contributed by atoms with E-state index in [0.29, 0.717) is 0 Å². The van der Waals surface area contributed by atoms with Crippen LogP contribution in [0.15, 0.2) is 5.38 Å². The molecule has 1 saturated carbocycles. The van der Waals surface area contributed by atoms with E-state index in [-0.39, 0.29) is 0 Å². The molecular weight excluding hydrogens is 214 g/mol. The summed E-state index contributed by atoms with van der Waals surface area (Å²) < 4.78 is 0. The second kappa shape index (κ2) is 5.81. The summed E-state index contributed by atoms with van der Waals surface area (Å²) in [7, 11) is 0. The minimum Gasteiger partial charge on any atom is -0.246 e. The molecule has 16 heavy (non-hydrogen) atoms. The Kier molecular flexibility index (Phi) is 4.39. The van der Waals surface area contributed by atoms with Crippen molar-refractivity contribution in [1.29, 1.82) is 0 Å². The highest BCUT2D eigenvalue weighted by atomic mass is 32.1. The summed E-state index contributed by atoms with van der Waals surface area (Å²) in [5.74, 6) is 1.78. The van der Waals surface area contributed by atoms with Gasteiger partial charge in [0.15, 0.2) is 0 Å². The van der Waals surface area contributed by atoms with Crippen molar-refractivity contribution in [2.75, 3.05) is 0 Å². The molecule has 1 aromatic heterocycles. The predicted octanol–water partition coefficient (Wildman–Crippen LogP) is 4.78. The number of aryl methyl sites for hydroxylation is 1. The van der Waals surface area contributed by atoms with Crippen LogP contribution in [0.25, 0.3) is 0 Å². The van der Waals surface area contributed by atoms with Gasteiger partial charge in [-0.25, -0.2) is 4.98 Å². The fourth-order valence-corrected chi connectivity index (χ4v) is 3.85. The van der Waals surface area contributed by atoms with Crippen LogP contribution in [0.2, 0.25) is 0 Å². The SMILES string of the molecule is CCCC1CCC(c2nc(CC)cs2)CC1. The number of hydrogen-bond acceptors (Lipinski definition) is 2. The van der Waals surface area contributed by atoms with Crippen molar-refractivity contribution < 1.29 is 0 Å². The van der Waals surface area contributed by atoms with Crippen LogP contribution >= 0.6 is 11.3 Å². The first-order valence-corrected chi connectivity index (χ1v) is 7.65. The molecule has 2 rings (SSSR count). The predicted molar refractivity (Wildman–Crippen MR) is 71.1 cm³/mol. The fraction of sp³-hybridized carbons (Fsp3) is 0.786. The highest BCUT2D eigenvalue weighted by molar-refractivity contribution is 7.09. The topological polar surface area (TPSA) is 12.9 Å². The molecule has 0 saturated heterocycles. The Morgan fingerprint density at radius 3 is 2.56 bits per heavy atom. The molecule has 1 fully saturated rings. The summed E-state index contributed by atoms with van der Waals surface area (Å²) in [4.78, 5) is 4.74.